The highest BCUT2D eigenvalue weighted by atomic mass is 19.3. The number of carbonyl (C=O) groups excluding carboxylic acids is 1. The van der Waals surface area contributed by atoms with Crippen LogP contribution in [-0.4, -0.2) is 53.7 Å². The third-order valence-electron chi connectivity index (χ3n) is 3.38. The van der Waals surface area contributed by atoms with Crippen LogP contribution in [0.25, 0.3) is 0 Å². The zero-order valence-corrected chi connectivity index (χ0v) is 10.4. The van der Waals surface area contributed by atoms with Gasteiger partial charge in [0, 0.05) is 12.6 Å². The summed E-state index contributed by atoms with van der Waals surface area (Å²) in [6.45, 7) is 3.40. The molecule has 4 nitrogen and oxygen atoms in total. The summed E-state index contributed by atoms with van der Waals surface area (Å²) in [5, 5.41) is 10.0. The molecule has 0 aromatic rings. The predicted molar refractivity (Wildman–Crippen MR) is 57.9 cm³/mol. The van der Waals surface area contributed by atoms with Gasteiger partial charge in [-0.25, -0.2) is 4.79 Å². The molecule has 100 valence electrons. The number of nitrogens with zero attached hydrogens (tertiary/aromatic N) is 1. The molecule has 0 saturated carbocycles. The Hall–Kier alpha value is -0.750. The second kappa shape index (κ2) is 4.86. The first kappa shape index (κ1) is 14.3. The van der Waals surface area contributed by atoms with Gasteiger partial charge in [0.15, 0.2) is 0 Å². The minimum Gasteiger partial charge on any atom is -0.461 e. The molecule has 0 aromatic heterocycles. The lowest BCUT2D eigenvalue weighted by atomic mass is 9.82. The lowest BCUT2D eigenvalue weighted by Crippen LogP contribution is -2.60. The molecule has 2 atom stereocenters. The van der Waals surface area contributed by atoms with Crippen LogP contribution >= 0.6 is 0 Å². The molecule has 0 aliphatic carbocycles. The van der Waals surface area contributed by atoms with Crippen molar-refractivity contribution < 1.29 is 23.4 Å². The van der Waals surface area contributed by atoms with Crippen LogP contribution < -0.4 is 0 Å². The number of hydrogen-bond acceptors (Lipinski definition) is 4. The molecule has 1 fully saturated rings. The minimum atomic E-state index is -3.85. The van der Waals surface area contributed by atoms with E-state index in [2.05, 4.69) is 4.74 Å². The van der Waals surface area contributed by atoms with Crippen LogP contribution in [0.4, 0.5) is 8.78 Å². The van der Waals surface area contributed by atoms with E-state index in [1.54, 1.807) is 14.0 Å². The van der Waals surface area contributed by atoms with Gasteiger partial charge in [-0.1, -0.05) is 0 Å². The normalized spacial score (nSPS) is 31.3. The molecular weight excluding hydrogens is 232 g/mol. The number of carbonyl (C=O) groups is 1. The zero-order chi connectivity index (χ0) is 13.3. The molecule has 1 N–H and O–H groups in total. The molecule has 17 heavy (non-hydrogen) atoms. The Morgan fingerprint density at radius 1 is 1.65 bits per heavy atom. The summed E-state index contributed by atoms with van der Waals surface area (Å²) in [5.41, 5.74) is -2.30. The van der Waals surface area contributed by atoms with Crippen LogP contribution in [0.15, 0.2) is 0 Å². The van der Waals surface area contributed by atoms with Gasteiger partial charge in [-0.2, -0.15) is 8.78 Å². The van der Waals surface area contributed by atoms with Crippen molar-refractivity contribution in [2.24, 2.45) is 0 Å². The van der Waals surface area contributed by atoms with E-state index in [-0.39, 0.29) is 25.5 Å². The molecule has 0 amide bonds. The van der Waals surface area contributed by atoms with Crippen molar-refractivity contribution in [1.29, 1.82) is 0 Å². The van der Waals surface area contributed by atoms with Gasteiger partial charge in [-0.15, -0.1) is 0 Å². The largest absolute Gasteiger partial charge is 0.461 e. The first-order valence-corrected chi connectivity index (χ1v) is 5.72. The smallest absolute Gasteiger partial charge is 0.380 e. The van der Waals surface area contributed by atoms with Crippen LogP contribution in [0.1, 0.15) is 26.7 Å². The van der Waals surface area contributed by atoms with E-state index in [0.29, 0.717) is 6.54 Å². The van der Waals surface area contributed by atoms with Gasteiger partial charge in [0.05, 0.1) is 6.61 Å². The molecule has 0 radical (unpaired) electrons. The van der Waals surface area contributed by atoms with E-state index in [1.165, 1.54) is 6.92 Å². The summed E-state index contributed by atoms with van der Waals surface area (Å²) in [6.07, 6.45) is -0.283. The van der Waals surface area contributed by atoms with Crippen LogP contribution in [0.3, 0.4) is 0 Å². The van der Waals surface area contributed by atoms with Crippen molar-refractivity contribution in [3.63, 3.8) is 0 Å². The highest BCUT2D eigenvalue weighted by Crippen LogP contribution is 2.39. The number of ether oxygens (including phenoxy) is 1. The average molecular weight is 251 g/mol. The molecule has 0 spiro atoms. The number of alkyl halides is 2. The van der Waals surface area contributed by atoms with E-state index in [0.717, 1.165) is 0 Å². The van der Waals surface area contributed by atoms with E-state index < -0.39 is 17.5 Å². The predicted octanol–water partition coefficient (Wildman–Crippen LogP) is 1.03. The van der Waals surface area contributed by atoms with Crippen molar-refractivity contribution >= 4 is 5.97 Å². The fraction of sp³-hybridized carbons (Fsp3) is 0.909. The Labute approximate surface area is 99.5 Å². The van der Waals surface area contributed by atoms with E-state index in [9.17, 15) is 18.7 Å². The first-order chi connectivity index (χ1) is 7.74. The van der Waals surface area contributed by atoms with Crippen molar-refractivity contribution in [2.75, 3.05) is 20.2 Å². The number of halogens is 2. The van der Waals surface area contributed by atoms with Crippen LogP contribution in [0, 0.1) is 0 Å². The van der Waals surface area contributed by atoms with Crippen molar-refractivity contribution in [3.8, 4) is 0 Å². The van der Waals surface area contributed by atoms with Gasteiger partial charge < -0.3 is 14.7 Å². The highest BCUT2D eigenvalue weighted by Gasteiger charge is 2.60. The monoisotopic (exact) mass is 251 g/mol. The van der Waals surface area contributed by atoms with E-state index >= 15 is 0 Å². The molecule has 2 unspecified atom stereocenters. The summed E-state index contributed by atoms with van der Waals surface area (Å²) in [7, 11) is 1.80. The minimum absolute atomic E-state index is 0.125. The standard InChI is InChI=1S/C11H19F2NO3/c1-4-17-9(15)11(12,13)10(16)5-6-14(3)8(2)7-10/h8,16H,4-7H2,1-3H3. The number of aliphatic hydroxyl groups is 1. The zero-order valence-electron chi connectivity index (χ0n) is 10.4. The van der Waals surface area contributed by atoms with Crippen LogP contribution in [0.5, 0.6) is 0 Å². The number of rotatable bonds is 3. The molecule has 1 aliphatic heterocycles. The Bertz CT molecular complexity index is 298. The molecule has 1 rings (SSSR count). The van der Waals surface area contributed by atoms with Crippen molar-refractivity contribution in [3.05, 3.63) is 0 Å². The van der Waals surface area contributed by atoms with Gasteiger partial charge in [0.1, 0.15) is 5.60 Å². The number of hydrogen-bond donors (Lipinski definition) is 1. The molecule has 0 bridgehead atoms. The van der Waals surface area contributed by atoms with E-state index in [1.807, 2.05) is 4.90 Å². The topological polar surface area (TPSA) is 49.8 Å². The fourth-order valence-electron chi connectivity index (χ4n) is 2.03. The van der Waals surface area contributed by atoms with Crippen molar-refractivity contribution in [2.45, 2.75) is 44.3 Å². The molecule has 6 heteroatoms. The lowest BCUT2D eigenvalue weighted by molar-refractivity contribution is -0.225. The molecule has 1 heterocycles. The molecular formula is C11H19F2NO3. The molecule has 1 saturated heterocycles. The van der Waals surface area contributed by atoms with Gasteiger partial charge in [-0.3, -0.25) is 0 Å². The van der Waals surface area contributed by atoms with Gasteiger partial charge >= 0.3 is 11.9 Å². The average Bonchev–Trinajstić information content (AvgIpc) is 2.24. The number of esters is 1. The third kappa shape index (κ3) is 2.57. The van der Waals surface area contributed by atoms with Crippen molar-refractivity contribution in [1.82, 2.24) is 4.90 Å². The quantitative estimate of drug-likeness (QED) is 0.761. The summed E-state index contributed by atoms with van der Waals surface area (Å²) < 4.78 is 32.0. The summed E-state index contributed by atoms with van der Waals surface area (Å²) >= 11 is 0. The van der Waals surface area contributed by atoms with E-state index in [4.69, 9.17) is 0 Å². The third-order valence-corrected chi connectivity index (χ3v) is 3.38. The summed E-state index contributed by atoms with van der Waals surface area (Å²) in [5.74, 6) is -5.49. The maximum Gasteiger partial charge on any atom is 0.380 e. The molecule has 0 aromatic carbocycles. The number of likely N-dealkylation sites (tertiary alicyclic amines) is 1. The van der Waals surface area contributed by atoms with Gasteiger partial charge in [0.25, 0.3) is 0 Å². The van der Waals surface area contributed by atoms with Crippen LogP contribution in [-0.2, 0) is 9.53 Å². The Morgan fingerprint density at radius 2 is 2.24 bits per heavy atom. The van der Waals surface area contributed by atoms with Gasteiger partial charge in [0.2, 0.25) is 0 Å². The summed E-state index contributed by atoms with van der Waals surface area (Å²) in [6, 6.07) is -0.200. The molecule has 1 aliphatic rings. The Kier molecular flexibility index (Phi) is 4.09. The fourth-order valence-corrected chi connectivity index (χ4v) is 2.03. The Balaban J connectivity index is 2.85. The Morgan fingerprint density at radius 3 is 2.71 bits per heavy atom. The first-order valence-electron chi connectivity index (χ1n) is 5.72. The maximum absolute atomic E-state index is 13.8. The SMILES string of the molecule is CCOC(=O)C(F)(F)C1(O)CCN(C)C(C)C1. The second-order valence-corrected chi connectivity index (χ2v) is 4.61. The highest BCUT2D eigenvalue weighted by molar-refractivity contribution is 5.79. The lowest BCUT2D eigenvalue weighted by Gasteiger charge is -2.43. The second-order valence-electron chi connectivity index (χ2n) is 4.61. The maximum atomic E-state index is 13.8. The van der Waals surface area contributed by atoms with Gasteiger partial charge in [-0.05, 0) is 33.7 Å². The number of piperidine rings is 1. The van der Waals surface area contributed by atoms with Crippen LogP contribution in [0.2, 0.25) is 0 Å². The summed E-state index contributed by atoms with van der Waals surface area (Å²) in [4.78, 5) is 13.1.